The van der Waals surface area contributed by atoms with Crippen LogP contribution in [0.25, 0.3) is 0 Å². The van der Waals surface area contributed by atoms with E-state index in [4.69, 9.17) is 0 Å². The number of hydrogen-bond donors (Lipinski definition) is 0. The molecule has 98 valence electrons. The number of nitrogens with zero attached hydrogens (tertiary/aromatic N) is 1. The molecule has 0 aliphatic carbocycles. The van der Waals surface area contributed by atoms with Crippen molar-refractivity contribution in [3.05, 3.63) is 71.8 Å². The van der Waals surface area contributed by atoms with Gasteiger partial charge in [-0.15, -0.1) is 9.24 Å². The average Bonchev–Trinajstić information content (AvgIpc) is 2.93. The number of likely N-dealkylation sites (tertiary alicyclic amines) is 1. The molecule has 1 aliphatic rings. The molecule has 0 bridgehead atoms. The number of benzene rings is 2. The summed E-state index contributed by atoms with van der Waals surface area (Å²) < 4.78 is 0. The summed E-state index contributed by atoms with van der Waals surface area (Å²) in [4.78, 5) is 2.53. The van der Waals surface area contributed by atoms with Crippen LogP contribution in [0.1, 0.15) is 23.0 Å². The van der Waals surface area contributed by atoms with E-state index < -0.39 is 0 Å². The SMILES string of the molecule is PCN1CC(c2ccccc2)C(c2ccccc2)C1. The zero-order chi connectivity index (χ0) is 13.1. The Balaban J connectivity index is 1.92. The van der Waals surface area contributed by atoms with E-state index in [2.05, 4.69) is 74.8 Å². The first-order valence-corrected chi connectivity index (χ1v) is 7.72. The fraction of sp³-hybridized carbons (Fsp3) is 0.294. The lowest BCUT2D eigenvalue weighted by Crippen LogP contribution is -2.18. The van der Waals surface area contributed by atoms with Gasteiger partial charge in [0.1, 0.15) is 0 Å². The van der Waals surface area contributed by atoms with Gasteiger partial charge >= 0.3 is 0 Å². The average molecular weight is 269 g/mol. The van der Waals surface area contributed by atoms with Gasteiger partial charge in [0.25, 0.3) is 0 Å². The third-order valence-corrected chi connectivity index (χ3v) is 4.63. The summed E-state index contributed by atoms with van der Waals surface area (Å²) in [7, 11) is 2.86. The van der Waals surface area contributed by atoms with Crippen LogP contribution in [0.15, 0.2) is 60.7 Å². The molecule has 1 heterocycles. The minimum atomic E-state index is 0.615. The Bertz CT molecular complexity index is 464. The van der Waals surface area contributed by atoms with E-state index in [1.165, 1.54) is 11.1 Å². The zero-order valence-corrected chi connectivity index (χ0v) is 12.2. The van der Waals surface area contributed by atoms with Gasteiger partial charge in [0.15, 0.2) is 0 Å². The van der Waals surface area contributed by atoms with Crippen molar-refractivity contribution in [3.8, 4) is 0 Å². The molecule has 0 spiro atoms. The smallest absolute Gasteiger partial charge is 0.0127 e. The summed E-state index contributed by atoms with van der Waals surface area (Å²) in [6.07, 6.45) is 1.06. The Morgan fingerprint density at radius 3 is 1.58 bits per heavy atom. The van der Waals surface area contributed by atoms with Crippen molar-refractivity contribution in [2.75, 3.05) is 19.4 Å². The third-order valence-electron chi connectivity index (χ3n) is 4.11. The van der Waals surface area contributed by atoms with E-state index >= 15 is 0 Å². The van der Waals surface area contributed by atoms with Gasteiger partial charge in [0.05, 0.1) is 0 Å². The van der Waals surface area contributed by atoms with Crippen molar-refractivity contribution in [1.82, 2.24) is 4.90 Å². The molecular weight excluding hydrogens is 249 g/mol. The van der Waals surface area contributed by atoms with Gasteiger partial charge in [-0.2, -0.15) is 0 Å². The second kappa shape index (κ2) is 5.86. The normalized spacial score (nSPS) is 23.6. The molecule has 3 atom stereocenters. The molecule has 0 amide bonds. The highest BCUT2D eigenvalue weighted by Crippen LogP contribution is 2.39. The molecule has 1 saturated heterocycles. The molecular formula is C17H20NP. The maximum absolute atomic E-state index is 2.86. The Labute approximate surface area is 117 Å². The van der Waals surface area contributed by atoms with Crippen LogP contribution in [0.2, 0.25) is 0 Å². The highest BCUT2D eigenvalue weighted by atomic mass is 31.0. The van der Waals surface area contributed by atoms with Crippen molar-refractivity contribution in [2.24, 2.45) is 0 Å². The van der Waals surface area contributed by atoms with E-state index in [9.17, 15) is 0 Å². The van der Waals surface area contributed by atoms with Crippen LogP contribution < -0.4 is 0 Å². The predicted octanol–water partition coefficient (Wildman–Crippen LogP) is 3.70. The summed E-state index contributed by atoms with van der Waals surface area (Å²) in [5, 5.41) is 0. The largest absolute Gasteiger partial charge is 0.299 e. The van der Waals surface area contributed by atoms with Gasteiger partial charge in [-0.05, 0) is 11.1 Å². The van der Waals surface area contributed by atoms with Crippen molar-refractivity contribution in [2.45, 2.75) is 11.8 Å². The molecule has 0 aromatic heterocycles. The van der Waals surface area contributed by atoms with Crippen LogP contribution in [-0.2, 0) is 0 Å². The summed E-state index contributed by atoms with van der Waals surface area (Å²) in [6.45, 7) is 2.32. The Kier molecular flexibility index (Phi) is 3.96. The topological polar surface area (TPSA) is 3.24 Å². The summed E-state index contributed by atoms with van der Waals surface area (Å²) in [6, 6.07) is 21.9. The minimum Gasteiger partial charge on any atom is -0.299 e. The third kappa shape index (κ3) is 2.73. The Morgan fingerprint density at radius 1 is 0.789 bits per heavy atom. The van der Waals surface area contributed by atoms with Crippen molar-refractivity contribution in [3.63, 3.8) is 0 Å². The fourth-order valence-corrected chi connectivity index (χ4v) is 3.41. The molecule has 3 unspecified atom stereocenters. The first-order valence-electron chi connectivity index (χ1n) is 6.91. The second-order valence-corrected chi connectivity index (χ2v) is 5.62. The maximum atomic E-state index is 2.86. The van der Waals surface area contributed by atoms with Gasteiger partial charge in [-0.3, -0.25) is 4.90 Å². The van der Waals surface area contributed by atoms with Crippen LogP contribution in [0.3, 0.4) is 0 Å². The predicted molar refractivity (Wildman–Crippen MR) is 84.5 cm³/mol. The first kappa shape index (κ1) is 12.8. The lowest BCUT2D eigenvalue weighted by molar-refractivity contribution is 0.391. The molecule has 3 rings (SSSR count). The maximum Gasteiger partial charge on any atom is 0.0127 e. The lowest BCUT2D eigenvalue weighted by Gasteiger charge is -2.19. The van der Waals surface area contributed by atoms with Gasteiger partial charge < -0.3 is 0 Å². The molecule has 0 N–H and O–H groups in total. The van der Waals surface area contributed by atoms with Gasteiger partial charge in [0, 0.05) is 31.2 Å². The van der Waals surface area contributed by atoms with Crippen LogP contribution in [-0.4, -0.2) is 24.3 Å². The van der Waals surface area contributed by atoms with Crippen LogP contribution in [0, 0.1) is 0 Å². The van der Waals surface area contributed by atoms with Gasteiger partial charge in [-0.1, -0.05) is 60.7 Å². The van der Waals surface area contributed by atoms with Crippen molar-refractivity contribution >= 4 is 9.24 Å². The molecule has 0 radical (unpaired) electrons. The zero-order valence-electron chi connectivity index (χ0n) is 11.1. The van der Waals surface area contributed by atoms with Gasteiger partial charge in [0.2, 0.25) is 0 Å². The van der Waals surface area contributed by atoms with E-state index in [0.717, 1.165) is 19.4 Å². The van der Waals surface area contributed by atoms with Crippen LogP contribution in [0.5, 0.6) is 0 Å². The van der Waals surface area contributed by atoms with E-state index in [1.54, 1.807) is 0 Å². The molecule has 1 aliphatic heterocycles. The molecule has 19 heavy (non-hydrogen) atoms. The summed E-state index contributed by atoms with van der Waals surface area (Å²) in [5.74, 6) is 1.23. The second-order valence-electron chi connectivity index (χ2n) is 5.25. The standard InChI is InChI=1S/C17H20NP/c19-13-18-11-16(14-7-3-1-4-8-14)17(12-18)15-9-5-2-6-10-15/h1-10,16-17H,11-13,19H2. The highest BCUT2D eigenvalue weighted by Gasteiger charge is 2.33. The first-order chi connectivity index (χ1) is 9.38. The molecule has 1 fully saturated rings. The monoisotopic (exact) mass is 269 g/mol. The molecule has 2 aromatic rings. The minimum absolute atomic E-state index is 0.615. The van der Waals surface area contributed by atoms with Crippen molar-refractivity contribution in [1.29, 1.82) is 0 Å². The fourth-order valence-electron chi connectivity index (χ4n) is 3.11. The number of rotatable bonds is 3. The molecule has 2 heteroatoms. The summed E-state index contributed by atoms with van der Waals surface area (Å²) >= 11 is 0. The Morgan fingerprint density at radius 2 is 1.21 bits per heavy atom. The Hall–Kier alpha value is -1.17. The van der Waals surface area contributed by atoms with E-state index in [-0.39, 0.29) is 0 Å². The van der Waals surface area contributed by atoms with Crippen molar-refractivity contribution < 1.29 is 0 Å². The molecule has 2 aromatic carbocycles. The summed E-state index contributed by atoms with van der Waals surface area (Å²) in [5.41, 5.74) is 2.94. The van der Waals surface area contributed by atoms with Gasteiger partial charge in [-0.25, -0.2) is 0 Å². The van der Waals surface area contributed by atoms with Crippen LogP contribution in [0.4, 0.5) is 0 Å². The van der Waals surface area contributed by atoms with E-state index in [1.807, 2.05) is 0 Å². The number of hydrogen-bond acceptors (Lipinski definition) is 1. The lowest BCUT2D eigenvalue weighted by atomic mass is 9.84. The molecule has 0 saturated carbocycles. The highest BCUT2D eigenvalue weighted by molar-refractivity contribution is 7.16. The van der Waals surface area contributed by atoms with E-state index in [0.29, 0.717) is 11.8 Å². The molecule has 1 nitrogen and oxygen atoms in total. The van der Waals surface area contributed by atoms with Crippen LogP contribution >= 0.6 is 9.24 Å². The quantitative estimate of drug-likeness (QED) is 0.768.